The molecule has 3 aromatic rings. The highest BCUT2D eigenvalue weighted by Crippen LogP contribution is 2.42. The van der Waals surface area contributed by atoms with E-state index < -0.39 is 0 Å². The lowest BCUT2D eigenvalue weighted by atomic mass is 9.95. The first kappa shape index (κ1) is 21.2. The summed E-state index contributed by atoms with van der Waals surface area (Å²) in [5.74, 6) is -0.0308. The number of hydrogen-bond donors (Lipinski definition) is 1. The van der Waals surface area contributed by atoms with Crippen LogP contribution in [0, 0.1) is 13.8 Å². The molecule has 5 nitrogen and oxygen atoms in total. The van der Waals surface area contributed by atoms with Gasteiger partial charge in [0.25, 0.3) is 5.91 Å². The molecular weight excluding hydrogens is 412 g/mol. The van der Waals surface area contributed by atoms with Crippen molar-refractivity contribution in [1.29, 1.82) is 0 Å². The van der Waals surface area contributed by atoms with Crippen LogP contribution in [-0.4, -0.2) is 53.4 Å². The predicted molar refractivity (Wildman–Crippen MR) is 126 cm³/mol. The second kappa shape index (κ2) is 9.39. The van der Waals surface area contributed by atoms with Crippen LogP contribution in [0.15, 0.2) is 42.0 Å². The van der Waals surface area contributed by atoms with Gasteiger partial charge in [-0.15, -0.1) is 22.7 Å². The summed E-state index contributed by atoms with van der Waals surface area (Å²) in [6.45, 7) is 11.8. The fourth-order valence-electron chi connectivity index (χ4n) is 4.08. The smallest absolute Gasteiger partial charge is 0.266 e. The van der Waals surface area contributed by atoms with Crippen LogP contribution in [0.4, 0.5) is 5.00 Å². The minimum absolute atomic E-state index is 0.0308. The van der Waals surface area contributed by atoms with Gasteiger partial charge in [-0.3, -0.25) is 14.7 Å². The molecule has 1 aliphatic rings. The molecule has 1 amide bonds. The fraction of sp³-hybridized carbons (Fsp3) is 0.391. The average Bonchev–Trinajstić information content (AvgIpc) is 3.40. The number of piperazine rings is 1. The molecule has 3 aromatic heterocycles. The first-order valence-electron chi connectivity index (χ1n) is 10.4. The monoisotopic (exact) mass is 440 g/mol. The van der Waals surface area contributed by atoms with Crippen LogP contribution in [0.1, 0.15) is 44.2 Å². The van der Waals surface area contributed by atoms with Crippen LogP contribution in [-0.2, 0) is 0 Å². The lowest BCUT2D eigenvalue weighted by molar-refractivity contribution is 0.102. The summed E-state index contributed by atoms with van der Waals surface area (Å²) in [6.07, 6.45) is 3.73. The molecule has 0 saturated carbocycles. The highest BCUT2D eigenvalue weighted by molar-refractivity contribution is 7.17. The molecule has 7 heteroatoms. The van der Waals surface area contributed by atoms with E-state index >= 15 is 0 Å². The Hall–Kier alpha value is -2.06. The Kier molecular flexibility index (Phi) is 6.63. The molecule has 0 bridgehead atoms. The van der Waals surface area contributed by atoms with E-state index in [1.807, 2.05) is 29.9 Å². The predicted octanol–water partition coefficient (Wildman–Crippen LogP) is 4.80. The Bertz CT molecular complexity index is 976. The second-order valence-corrected chi connectivity index (χ2v) is 9.78. The molecular formula is C23H28N4OS2. The summed E-state index contributed by atoms with van der Waals surface area (Å²) in [5, 5.41) is 6.12. The van der Waals surface area contributed by atoms with Crippen molar-refractivity contribution in [3.63, 3.8) is 0 Å². The minimum atomic E-state index is -0.0308. The number of carbonyl (C=O) groups excluding carboxylic acids is 1. The number of anilines is 1. The lowest BCUT2D eigenvalue weighted by Crippen LogP contribution is -2.47. The molecule has 1 atom stereocenters. The van der Waals surface area contributed by atoms with Crippen molar-refractivity contribution in [1.82, 2.24) is 14.8 Å². The van der Waals surface area contributed by atoms with Gasteiger partial charge in [-0.1, -0.05) is 13.0 Å². The SMILES string of the molecule is CCN1CCN([C@H](c2ccncc2)c2c(NC(=O)c3cccs3)sc(C)c2C)CC1. The van der Waals surface area contributed by atoms with Crippen molar-refractivity contribution in [3.8, 4) is 0 Å². The number of nitrogens with one attached hydrogen (secondary N) is 1. The molecule has 30 heavy (non-hydrogen) atoms. The van der Waals surface area contributed by atoms with Crippen molar-refractivity contribution in [2.45, 2.75) is 26.8 Å². The molecule has 4 rings (SSSR count). The largest absolute Gasteiger partial charge is 0.313 e. The maximum atomic E-state index is 12.8. The van der Waals surface area contributed by atoms with E-state index in [9.17, 15) is 4.79 Å². The first-order valence-corrected chi connectivity index (χ1v) is 12.1. The first-order chi connectivity index (χ1) is 14.6. The summed E-state index contributed by atoms with van der Waals surface area (Å²) in [5.41, 5.74) is 3.71. The maximum Gasteiger partial charge on any atom is 0.266 e. The van der Waals surface area contributed by atoms with Gasteiger partial charge >= 0.3 is 0 Å². The third kappa shape index (κ3) is 4.34. The average molecular weight is 441 g/mol. The molecule has 1 saturated heterocycles. The van der Waals surface area contributed by atoms with Crippen LogP contribution >= 0.6 is 22.7 Å². The number of thiophene rings is 2. The van der Waals surface area contributed by atoms with Gasteiger partial charge in [0, 0.05) is 49.0 Å². The topological polar surface area (TPSA) is 48.5 Å². The van der Waals surface area contributed by atoms with E-state index in [0.29, 0.717) is 0 Å². The van der Waals surface area contributed by atoms with Gasteiger partial charge in [-0.25, -0.2) is 0 Å². The summed E-state index contributed by atoms with van der Waals surface area (Å²) in [6, 6.07) is 8.11. The zero-order chi connectivity index (χ0) is 21.1. The molecule has 158 valence electrons. The molecule has 0 radical (unpaired) electrons. The maximum absolute atomic E-state index is 12.8. The number of rotatable bonds is 6. The van der Waals surface area contributed by atoms with Crippen molar-refractivity contribution < 1.29 is 4.79 Å². The van der Waals surface area contributed by atoms with E-state index in [2.05, 4.69) is 53.0 Å². The van der Waals surface area contributed by atoms with Crippen molar-refractivity contribution in [2.75, 3.05) is 38.0 Å². The van der Waals surface area contributed by atoms with Crippen molar-refractivity contribution in [2.24, 2.45) is 0 Å². The highest BCUT2D eigenvalue weighted by atomic mass is 32.1. The van der Waals surface area contributed by atoms with Gasteiger partial charge < -0.3 is 10.2 Å². The van der Waals surface area contributed by atoms with Crippen LogP contribution in [0.5, 0.6) is 0 Å². The number of nitrogens with zero attached hydrogens (tertiary/aromatic N) is 3. The Morgan fingerprint density at radius 2 is 1.90 bits per heavy atom. The highest BCUT2D eigenvalue weighted by Gasteiger charge is 2.31. The summed E-state index contributed by atoms with van der Waals surface area (Å²) < 4.78 is 0. The quantitative estimate of drug-likeness (QED) is 0.598. The van der Waals surface area contributed by atoms with Gasteiger partial charge in [0.05, 0.1) is 10.9 Å². The fourth-order valence-corrected chi connectivity index (χ4v) is 5.79. The number of likely N-dealkylation sites (N-methyl/N-ethyl adjacent to an activating group) is 1. The molecule has 0 aliphatic carbocycles. The van der Waals surface area contributed by atoms with E-state index in [4.69, 9.17) is 0 Å². The van der Waals surface area contributed by atoms with Gasteiger partial charge in [0.2, 0.25) is 0 Å². The van der Waals surface area contributed by atoms with Crippen LogP contribution in [0.25, 0.3) is 0 Å². The van der Waals surface area contributed by atoms with Gasteiger partial charge in [0.1, 0.15) is 5.00 Å². The molecule has 1 aliphatic heterocycles. The standard InChI is InChI=1S/C23H28N4OS2/c1-4-26-11-13-27(14-12-26)21(18-7-9-24-10-8-18)20-16(2)17(3)30-23(20)25-22(28)19-6-5-15-29-19/h5-10,15,21H,4,11-14H2,1-3H3,(H,25,28)/t21-/m1/s1. The van der Waals surface area contributed by atoms with E-state index in [1.165, 1.54) is 32.9 Å². The molecule has 4 heterocycles. The molecule has 0 aromatic carbocycles. The number of amides is 1. The van der Waals surface area contributed by atoms with E-state index in [0.717, 1.165) is 42.6 Å². The number of aryl methyl sites for hydroxylation is 1. The van der Waals surface area contributed by atoms with Crippen LogP contribution in [0.3, 0.4) is 0 Å². The van der Waals surface area contributed by atoms with Gasteiger partial charge in [-0.2, -0.15) is 0 Å². The Labute approximate surface area is 186 Å². The van der Waals surface area contributed by atoms with Gasteiger partial charge in [-0.05, 0) is 55.1 Å². The zero-order valence-corrected chi connectivity index (χ0v) is 19.4. The Balaban J connectivity index is 1.72. The van der Waals surface area contributed by atoms with Gasteiger partial charge in [0.15, 0.2) is 0 Å². The lowest BCUT2D eigenvalue weighted by Gasteiger charge is -2.39. The van der Waals surface area contributed by atoms with E-state index in [-0.39, 0.29) is 11.9 Å². The third-order valence-electron chi connectivity index (χ3n) is 5.92. The second-order valence-electron chi connectivity index (χ2n) is 7.61. The number of hydrogen-bond acceptors (Lipinski definition) is 6. The van der Waals surface area contributed by atoms with Crippen LogP contribution < -0.4 is 5.32 Å². The molecule has 0 unspecified atom stereocenters. The summed E-state index contributed by atoms with van der Waals surface area (Å²) >= 11 is 3.15. The zero-order valence-electron chi connectivity index (χ0n) is 17.7. The third-order valence-corrected chi connectivity index (χ3v) is 7.93. The normalized spacial score (nSPS) is 16.5. The molecule has 1 fully saturated rings. The Morgan fingerprint density at radius 1 is 1.17 bits per heavy atom. The summed E-state index contributed by atoms with van der Waals surface area (Å²) in [7, 11) is 0. The minimum Gasteiger partial charge on any atom is -0.313 e. The molecule has 1 N–H and O–H groups in total. The Morgan fingerprint density at radius 3 is 2.53 bits per heavy atom. The van der Waals surface area contributed by atoms with Crippen LogP contribution in [0.2, 0.25) is 0 Å². The van der Waals surface area contributed by atoms with E-state index in [1.54, 1.807) is 11.3 Å². The number of aromatic nitrogens is 1. The van der Waals surface area contributed by atoms with Crippen molar-refractivity contribution >= 4 is 33.6 Å². The van der Waals surface area contributed by atoms with Crippen molar-refractivity contribution in [3.05, 3.63) is 68.5 Å². The molecule has 0 spiro atoms. The number of pyridine rings is 1. The number of carbonyl (C=O) groups is 1. The summed E-state index contributed by atoms with van der Waals surface area (Å²) in [4.78, 5) is 24.1.